The average molecular weight is 606 g/mol. The lowest BCUT2D eigenvalue weighted by molar-refractivity contribution is -0.122. The molecule has 0 spiro atoms. The molecule has 8 rings (SSSR count). The van der Waals surface area contributed by atoms with Crippen LogP contribution in [0, 0.1) is 11.8 Å². The Kier molecular flexibility index (Phi) is 5.90. The number of rotatable bonds is 5. The zero-order valence-electron chi connectivity index (χ0n) is 22.0. The minimum absolute atomic E-state index is 0.229. The van der Waals surface area contributed by atoms with Gasteiger partial charge in [0.25, 0.3) is 5.91 Å². The van der Waals surface area contributed by atoms with Crippen molar-refractivity contribution in [2.24, 2.45) is 16.9 Å². The number of anilines is 1. The molecular formula is C33H24BrN3O4. The summed E-state index contributed by atoms with van der Waals surface area (Å²) in [6.45, 7) is 0. The van der Waals surface area contributed by atoms with Crippen molar-refractivity contribution in [3.8, 4) is 5.75 Å². The summed E-state index contributed by atoms with van der Waals surface area (Å²) in [6, 6.07) is 29.9. The van der Waals surface area contributed by atoms with Crippen molar-refractivity contribution >= 4 is 45.6 Å². The van der Waals surface area contributed by atoms with Crippen LogP contribution in [-0.4, -0.2) is 31.0 Å². The summed E-state index contributed by atoms with van der Waals surface area (Å²) in [5.41, 5.74) is 6.26. The van der Waals surface area contributed by atoms with Gasteiger partial charge in [-0.25, -0.2) is 10.3 Å². The molecule has 202 valence electrons. The Morgan fingerprint density at radius 3 is 2.15 bits per heavy atom. The van der Waals surface area contributed by atoms with Crippen LogP contribution >= 0.6 is 15.9 Å². The van der Waals surface area contributed by atoms with Gasteiger partial charge in [0.1, 0.15) is 5.75 Å². The normalized spacial score (nSPS) is 23.8. The fourth-order valence-corrected chi connectivity index (χ4v) is 7.24. The number of nitrogens with zero attached hydrogens (tertiary/aromatic N) is 2. The van der Waals surface area contributed by atoms with Gasteiger partial charge in [-0.2, -0.15) is 5.10 Å². The predicted octanol–water partition coefficient (Wildman–Crippen LogP) is 5.42. The number of carbonyl (C=O) groups is 3. The minimum Gasteiger partial charge on any atom is -0.496 e. The van der Waals surface area contributed by atoms with Gasteiger partial charge in [0.05, 0.1) is 35.6 Å². The number of nitrogens with one attached hydrogen (secondary N) is 1. The number of imide groups is 1. The van der Waals surface area contributed by atoms with Crippen LogP contribution in [0.2, 0.25) is 0 Å². The summed E-state index contributed by atoms with van der Waals surface area (Å²) >= 11 is 3.44. The summed E-state index contributed by atoms with van der Waals surface area (Å²) in [5.74, 6) is -2.15. The van der Waals surface area contributed by atoms with Crippen LogP contribution in [0.1, 0.15) is 38.5 Å². The number of para-hydroxylation sites is 1. The Morgan fingerprint density at radius 1 is 0.878 bits per heavy atom. The standard InChI is InChI=1S/C33H24BrN3O4/c1-41-26-13-7-4-10-23(26)30(38)36-35-18-33-24-11-5-2-8-21(24)27(22-9-3-6-12-25(22)33)28-29(33)32(40)37(31(28)39)20-16-14-19(34)15-17-20/h2-18,27-29H,1H3,(H,36,38)/b35-18+/t27?,28-,29-,33?/m1/s1. The van der Waals surface area contributed by atoms with E-state index in [1.165, 1.54) is 12.0 Å². The van der Waals surface area contributed by atoms with Crippen LogP contribution in [0.5, 0.6) is 5.75 Å². The van der Waals surface area contributed by atoms with Crippen LogP contribution in [0.4, 0.5) is 5.69 Å². The molecule has 1 aliphatic heterocycles. The summed E-state index contributed by atoms with van der Waals surface area (Å²) in [5, 5.41) is 4.47. The van der Waals surface area contributed by atoms with Crippen molar-refractivity contribution in [3.05, 3.63) is 129 Å². The molecule has 2 atom stereocenters. The molecular weight excluding hydrogens is 582 g/mol. The van der Waals surface area contributed by atoms with Crippen LogP contribution in [0.15, 0.2) is 107 Å². The maximum absolute atomic E-state index is 14.4. The molecule has 1 fully saturated rings. The Hall–Kier alpha value is -4.56. The van der Waals surface area contributed by atoms with Gasteiger partial charge in [-0.1, -0.05) is 76.6 Å². The van der Waals surface area contributed by atoms with Gasteiger partial charge in [0.2, 0.25) is 11.8 Å². The number of hydrazone groups is 1. The highest BCUT2D eigenvalue weighted by molar-refractivity contribution is 9.10. The summed E-state index contributed by atoms with van der Waals surface area (Å²) in [6.07, 6.45) is 1.65. The second-order valence-corrected chi connectivity index (χ2v) is 11.3. The number of methoxy groups -OCH3 is 1. The molecule has 0 unspecified atom stereocenters. The van der Waals surface area contributed by atoms with E-state index in [1.807, 2.05) is 60.7 Å². The van der Waals surface area contributed by atoms with Crippen molar-refractivity contribution in [3.63, 3.8) is 0 Å². The van der Waals surface area contributed by atoms with Crippen LogP contribution < -0.4 is 15.1 Å². The smallest absolute Gasteiger partial charge is 0.275 e. The predicted molar refractivity (Wildman–Crippen MR) is 158 cm³/mol. The first kappa shape index (κ1) is 25.4. The molecule has 41 heavy (non-hydrogen) atoms. The molecule has 0 saturated carbocycles. The first-order valence-corrected chi connectivity index (χ1v) is 14.1. The van der Waals surface area contributed by atoms with Crippen molar-refractivity contribution in [1.29, 1.82) is 0 Å². The highest BCUT2D eigenvalue weighted by atomic mass is 79.9. The lowest BCUT2D eigenvalue weighted by Gasteiger charge is -2.52. The Labute approximate surface area is 245 Å². The summed E-state index contributed by atoms with van der Waals surface area (Å²) in [4.78, 5) is 43.0. The van der Waals surface area contributed by atoms with E-state index >= 15 is 0 Å². The highest BCUT2D eigenvalue weighted by Gasteiger charge is 2.68. The quantitative estimate of drug-likeness (QED) is 0.187. The third kappa shape index (κ3) is 3.56. The van der Waals surface area contributed by atoms with Gasteiger partial charge in [-0.15, -0.1) is 0 Å². The molecule has 0 radical (unpaired) electrons. The zero-order valence-corrected chi connectivity index (χ0v) is 23.5. The fourth-order valence-electron chi connectivity index (χ4n) is 6.98. The number of amides is 3. The van der Waals surface area contributed by atoms with E-state index in [-0.39, 0.29) is 17.7 Å². The fraction of sp³-hybridized carbons (Fsp3) is 0.152. The van der Waals surface area contributed by atoms with Crippen LogP contribution in [0.25, 0.3) is 0 Å². The lowest BCUT2D eigenvalue weighted by atomic mass is 9.47. The molecule has 2 bridgehead atoms. The van der Waals surface area contributed by atoms with Crippen molar-refractivity contribution < 1.29 is 19.1 Å². The number of hydrogen-bond acceptors (Lipinski definition) is 5. The second kappa shape index (κ2) is 9.52. The van der Waals surface area contributed by atoms with E-state index in [4.69, 9.17) is 4.74 Å². The lowest BCUT2D eigenvalue weighted by Crippen LogP contribution is -2.54. The number of benzene rings is 4. The Morgan fingerprint density at radius 2 is 1.49 bits per heavy atom. The molecule has 0 aromatic heterocycles. The molecule has 3 aliphatic carbocycles. The van der Waals surface area contributed by atoms with E-state index in [9.17, 15) is 14.4 Å². The van der Waals surface area contributed by atoms with E-state index in [2.05, 4.69) is 26.5 Å². The average Bonchev–Trinajstić information content (AvgIpc) is 3.28. The monoisotopic (exact) mass is 605 g/mol. The molecule has 1 N–H and O–H groups in total. The zero-order chi connectivity index (χ0) is 28.3. The van der Waals surface area contributed by atoms with Crippen molar-refractivity contribution in [2.45, 2.75) is 11.3 Å². The van der Waals surface area contributed by atoms with Crippen LogP contribution in [0.3, 0.4) is 0 Å². The molecule has 4 aromatic carbocycles. The molecule has 4 aromatic rings. The first-order valence-electron chi connectivity index (χ1n) is 13.3. The molecule has 3 amide bonds. The molecule has 4 aliphatic rings. The number of ether oxygens (including phenoxy) is 1. The third-order valence-corrected chi connectivity index (χ3v) is 9.08. The van der Waals surface area contributed by atoms with Crippen LogP contribution in [-0.2, 0) is 15.0 Å². The van der Waals surface area contributed by atoms with Crippen molar-refractivity contribution in [1.82, 2.24) is 5.43 Å². The van der Waals surface area contributed by atoms with Crippen molar-refractivity contribution in [2.75, 3.05) is 12.0 Å². The van der Waals surface area contributed by atoms with Gasteiger partial charge in [0.15, 0.2) is 0 Å². The number of hydrogen-bond donors (Lipinski definition) is 1. The van der Waals surface area contributed by atoms with Gasteiger partial charge in [0, 0.05) is 16.6 Å². The summed E-state index contributed by atoms with van der Waals surface area (Å²) < 4.78 is 6.20. The van der Waals surface area contributed by atoms with Gasteiger partial charge >= 0.3 is 0 Å². The molecule has 1 saturated heterocycles. The second-order valence-electron chi connectivity index (χ2n) is 10.4. The van der Waals surface area contributed by atoms with E-state index in [0.717, 1.165) is 26.7 Å². The molecule has 7 nitrogen and oxygen atoms in total. The van der Waals surface area contributed by atoms with E-state index in [1.54, 1.807) is 42.6 Å². The molecule has 8 heteroatoms. The highest BCUT2D eigenvalue weighted by Crippen LogP contribution is 2.63. The first-order chi connectivity index (χ1) is 20.0. The van der Waals surface area contributed by atoms with E-state index < -0.39 is 23.2 Å². The van der Waals surface area contributed by atoms with Gasteiger partial charge in [-0.05, 0) is 58.7 Å². The van der Waals surface area contributed by atoms with Gasteiger partial charge < -0.3 is 4.74 Å². The largest absolute Gasteiger partial charge is 0.496 e. The Bertz CT molecular complexity index is 1720. The number of carbonyl (C=O) groups excluding carboxylic acids is 3. The maximum Gasteiger partial charge on any atom is 0.275 e. The minimum atomic E-state index is -1.07. The summed E-state index contributed by atoms with van der Waals surface area (Å²) in [7, 11) is 1.50. The van der Waals surface area contributed by atoms with E-state index in [0.29, 0.717) is 17.0 Å². The Balaban J connectivity index is 1.39. The maximum atomic E-state index is 14.4. The number of halogens is 1. The SMILES string of the molecule is COc1ccccc1C(=O)N/N=C/C12c3ccccc3C(c3ccccc31)[C@H]1C(=O)N(c3ccc(Br)cc3)C(=O)[C@@H]12. The third-order valence-electron chi connectivity index (χ3n) is 8.55. The molecule has 1 heterocycles. The van der Waals surface area contributed by atoms with Gasteiger partial charge in [-0.3, -0.25) is 14.4 Å². The topological polar surface area (TPSA) is 88.1 Å².